The summed E-state index contributed by atoms with van der Waals surface area (Å²) in [7, 11) is -3.61. The van der Waals surface area contributed by atoms with Gasteiger partial charge >= 0.3 is 0 Å². The second-order valence-corrected chi connectivity index (χ2v) is 7.41. The predicted molar refractivity (Wildman–Crippen MR) is 79.7 cm³/mol. The number of hydrazine groups is 1. The van der Waals surface area contributed by atoms with Gasteiger partial charge in [-0.15, -0.1) is 0 Å². The number of hydrogen-bond acceptors (Lipinski definition) is 5. The van der Waals surface area contributed by atoms with E-state index in [0.717, 1.165) is 0 Å². The standard InChI is InChI=1S/C14H20N4O2S/c1-11(2)10-18(13-8-16-17-9-13)21(19,20)14-5-3-4-12(6-14)7-15/h3-6,11,13,16-17H,8-10H2,1-2H3. The van der Waals surface area contributed by atoms with Crippen molar-refractivity contribution in [2.45, 2.75) is 24.8 Å². The van der Waals surface area contributed by atoms with Gasteiger partial charge in [-0.1, -0.05) is 19.9 Å². The third-order valence-electron chi connectivity index (χ3n) is 3.32. The number of benzene rings is 1. The van der Waals surface area contributed by atoms with Gasteiger partial charge in [0.2, 0.25) is 10.0 Å². The number of nitrogens with zero attached hydrogens (tertiary/aromatic N) is 2. The molecular weight excluding hydrogens is 288 g/mol. The molecule has 7 heteroatoms. The van der Waals surface area contributed by atoms with Gasteiger partial charge in [-0.05, 0) is 24.1 Å². The molecule has 0 atom stereocenters. The first-order valence-electron chi connectivity index (χ1n) is 6.93. The fraction of sp³-hybridized carbons (Fsp3) is 0.500. The minimum atomic E-state index is -3.61. The van der Waals surface area contributed by atoms with Gasteiger partial charge in [0.25, 0.3) is 0 Å². The van der Waals surface area contributed by atoms with Crippen LogP contribution in [0, 0.1) is 17.2 Å². The average Bonchev–Trinajstić information content (AvgIpc) is 2.98. The number of nitrogens with one attached hydrogen (secondary N) is 2. The first-order chi connectivity index (χ1) is 9.95. The van der Waals surface area contributed by atoms with E-state index in [1.54, 1.807) is 18.2 Å². The molecule has 0 unspecified atom stereocenters. The Balaban J connectivity index is 2.38. The summed E-state index contributed by atoms with van der Waals surface area (Å²) in [5.74, 6) is 0.222. The van der Waals surface area contributed by atoms with Crippen LogP contribution < -0.4 is 10.9 Å². The molecule has 1 saturated heterocycles. The lowest BCUT2D eigenvalue weighted by molar-refractivity contribution is 0.311. The molecule has 0 spiro atoms. The second-order valence-electron chi connectivity index (χ2n) is 5.52. The van der Waals surface area contributed by atoms with Crippen LogP contribution in [0.3, 0.4) is 0 Å². The molecule has 0 aliphatic carbocycles. The summed E-state index contributed by atoms with van der Waals surface area (Å²) in [5.41, 5.74) is 6.28. The van der Waals surface area contributed by atoms with E-state index < -0.39 is 10.0 Å². The van der Waals surface area contributed by atoms with Crippen LogP contribution in [0.4, 0.5) is 0 Å². The summed E-state index contributed by atoms with van der Waals surface area (Å²) in [4.78, 5) is 0.175. The normalized spacial score (nSPS) is 16.5. The maximum Gasteiger partial charge on any atom is 0.243 e. The zero-order valence-corrected chi connectivity index (χ0v) is 13.0. The van der Waals surface area contributed by atoms with Gasteiger partial charge in [-0.2, -0.15) is 9.57 Å². The molecule has 114 valence electrons. The highest BCUT2D eigenvalue weighted by atomic mass is 32.2. The molecule has 2 N–H and O–H groups in total. The van der Waals surface area contributed by atoms with Crippen molar-refractivity contribution in [1.29, 1.82) is 5.26 Å². The summed E-state index contributed by atoms with van der Waals surface area (Å²) >= 11 is 0. The summed E-state index contributed by atoms with van der Waals surface area (Å²) in [6.45, 7) is 5.58. The van der Waals surface area contributed by atoms with Gasteiger partial charge < -0.3 is 0 Å². The molecule has 0 bridgehead atoms. The quantitative estimate of drug-likeness (QED) is 0.835. The zero-order chi connectivity index (χ0) is 15.5. The van der Waals surface area contributed by atoms with Gasteiger partial charge in [0.05, 0.1) is 22.6 Å². The van der Waals surface area contributed by atoms with E-state index in [2.05, 4.69) is 10.9 Å². The summed E-state index contributed by atoms with van der Waals surface area (Å²) < 4.78 is 27.3. The van der Waals surface area contributed by atoms with Gasteiger partial charge in [0, 0.05) is 19.6 Å². The van der Waals surface area contributed by atoms with Crippen LogP contribution in [-0.4, -0.2) is 38.4 Å². The van der Waals surface area contributed by atoms with E-state index in [-0.39, 0.29) is 16.9 Å². The number of nitriles is 1. The molecule has 0 radical (unpaired) electrons. The lowest BCUT2D eigenvalue weighted by atomic mass is 10.2. The van der Waals surface area contributed by atoms with E-state index >= 15 is 0 Å². The number of sulfonamides is 1. The zero-order valence-electron chi connectivity index (χ0n) is 12.2. The molecule has 0 amide bonds. The molecule has 1 aliphatic heterocycles. The Kier molecular flexibility index (Phi) is 4.96. The minimum absolute atomic E-state index is 0.122. The van der Waals surface area contributed by atoms with Crippen molar-refractivity contribution in [2.24, 2.45) is 5.92 Å². The molecule has 2 rings (SSSR count). The SMILES string of the molecule is CC(C)CN(C1CNNC1)S(=O)(=O)c1cccc(C#N)c1. The van der Waals surface area contributed by atoms with Crippen LogP contribution in [0.15, 0.2) is 29.2 Å². The molecule has 1 fully saturated rings. The van der Waals surface area contributed by atoms with Crippen molar-refractivity contribution < 1.29 is 8.42 Å². The molecular formula is C14H20N4O2S. The van der Waals surface area contributed by atoms with Crippen LogP contribution in [0.2, 0.25) is 0 Å². The van der Waals surface area contributed by atoms with Crippen molar-refractivity contribution in [1.82, 2.24) is 15.2 Å². The third kappa shape index (κ3) is 3.60. The Morgan fingerprint density at radius 1 is 1.38 bits per heavy atom. The smallest absolute Gasteiger partial charge is 0.243 e. The minimum Gasteiger partial charge on any atom is -0.256 e. The highest BCUT2D eigenvalue weighted by molar-refractivity contribution is 7.89. The monoisotopic (exact) mass is 308 g/mol. The summed E-state index contributed by atoms with van der Waals surface area (Å²) in [6, 6.07) is 8.03. The third-order valence-corrected chi connectivity index (χ3v) is 5.24. The maximum atomic E-state index is 12.9. The average molecular weight is 308 g/mol. The molecule has 1 aromatic rings. The van der Waals surface area contributed by atoms with Crippen LogP contribution in [-0.2, 0) is 10.0 Å². The van der Waals surface area contributed by atoms with Crippen molar-refractivity contribution in [3.63, 3.8) is 0 Å². The first-order valence-corrected chi connectivity index (χ1v) is 8.37. The molecule has 1 heterocycles. The predicted octanol–water partition coefficient (Wildman–Crippen LogP) is 0.681. The maximum absolute atomic E-state index is 12.9. The lowest BCUT2D eigenvalue weighted by Crippen LogP contribution is -2.45. The van der Waals surface area contributed by atoms with Gasteiger partial charge in [-0.25, -0.2) is 8.42 Å². The summed E-state index contributed by atoms with van der Waals surface area (Å²) in [6.07, 6.45) is 0. The van der Waals surface area contributed by atoms with Crippen LogP contribution in [0.1, 0.15) is 19.4 Å². The van der Waals surface area contributed by atoms with Crippen LogP contribution >= 0.6 is 0 Å². The summed E-state index contributed by atoms with van der Waals surface area (Å²) in [5, 5.41) is 8.94. The number of rotatable bonds is 5. The van der Waals surface area contributed by atoms with Crippen molar-refractivity contribution in [3.8, 4) is 6.07 Å². The van der Waals surface area contributed by atoms with Crippen LogP contribution in [0.5, 0.6) is 0 Å². The fourth-order valence-corrected chi connectivity index (χ4v) is 4.15. The van der Waals surface area contributed by atoms with Gasteiger partial charge in [0.15, 0.2) is 0 Å². The fourth-order valence-electron chi connectivity index (χ4n) is 2.32. The topological polar surface area (TPSA) is 85.2 Å². The van der Waals surface area contributed by atoms with E-state index in [9.17, 15) is 8.42 Å². The molecule has 1 aromatic carbocycles. The van der Waals surface area contributed by atoms with Crippen molar-refractivity contribution >= 4 is 10.0 Å². The van der Waals surface area contributed by atoms with Crippen molar-refractivity contribution in [3.05, 3.63) is 29.8 Å². The Bertz CT molecular complexity index is 631. The van der Waals surface area contributed by atoms with E-state index in [4.69, 9.17) is 5.26 Å². The Hall–Kier alpha value is -1.46. The Morgan fingerprint density at radius 3 is 2.62 bits per heavy atom. The molecule has 0 aromatic heterocycles. The number of hydrogen-bond donors (Lipinski definition) is 2. The molecule has 0 saturated carbocycles. The molecule has 21 heavy (non-hydrogen) atoms. The largest absolute Gasteiger partial charge is 0.256 e. The second kappa shape index (κ2) is 6.54. The lowest BCUT2D eigenvalue weighted by Gasteiger charge is -2.28. The van der Waals surface area contributed by atoms with Crippen LogP contribution in [0.25, 0.3) is 0 Å². The Labute approximate surface area is 125 Å². The highest BCUT2D eigenvalue weighted by Crippen LogP contribution is 2.21. The van der Waals surface area contributed by atoms with Gasteiger partial charge in [-0.3, -0.25) is 10.9 Å². The molecule has 6 nitrogen and oxygen atoms in total. The van der Waals surface area contributed by atoms with Crippen molar-refractivity contribution in [2.75, 3.05) is 19.6 Å². The Morgan fingerprint density at radius 2 is 2.05 bits per heavy atom. The first kappa shape index (κ1) is 15.9. The van der Waals surface area contributed by atoms with Gasteiger partial charge in [0.1, 0.15) is 0 Å². The van der Waals surface area contributed by atoms with E-state index in [1.165, 1.54) is 10.4 Å². The molecule has 1 aliphatic rings. The van der Waals surface area contributed by atoms with E-state index in [0.29, 0.717) is 25.2 Å². The van der Waals surface area contributed by atoms with E-state index in [1.807, 2.05) is 19.9 Å². The highest BCUT2D eigenvalue weighted by Gasteiger charge is 2.33.